The van der Waals surface area contributed by atoms with Gasteiger partial charge in [-0.1, -0.05) is 0 Å². The third kappa shape index (κ3) is 2.13. The first kappa shape index (κ1) is 10.5. The Labute approximate surface area is 91.3 Å². The van der Waals surface area contributed by atoms with Gasteiger partial charge in [-0.05, 0) is 6.42 Å². The van der Waals surface area contributed by atoms with E-state index in [1.807, 2.05) is 0 Å². The first-order valence-electron chi connectivity index (χ1n) is 4.90. The van der Waals surface area contributed by atoms with Crippen LogP contribution in [0.1, 0.15) is 12.8 Å². The lowest BCUT2D eigenvalue weighted by Gasteiger charge is -2.25. The summed E-state index contributed by atoms with van der Waals surface area (Å²) >= 11 is 0. The van der Waals surface area contributed by atoms with Crippen LogP contribution in [-0.4, -0.2) is 33.8 Å². The van der Waals surface area contributed by atoms with Crippen molar-refractivity contribution in [2.24, 2.45) is 0 Å². The van der Waals surface area contributed by atoms with Gasteiger partial charge in [0.2, 0.25) is 5.95 Å². The van der Waals surface area contributed by atoms with Gasteiger partial charge in [-0.3, -0.25) is 14.9 Å². The van der Waals surface area contributed by atoms with E-state index in [4.69, 9.17) is 0 Å². The fraction of sp³-hybridized carbons (Fsp3) is 0.444. The molecule has 2 rings (SSSR count). The summed E-state index contributed by atoms with van der Waals surface area (Å²) in [7, 11) is 0. The Balaban J connectivity index is 2.14. The van der Waals surface area contributed by atoms with Crippen molar-refractivity contribution in [2.45, 2.75) is 12.8 Å². The number of nitrogens with zero attached hydrogens (tertiary/aromatic N) is 4. The average molecular weight is 222 g/mol. The summed E-state index contributed by atoms with van der Waals surface area (Å²) in [5.74, 6) is 0.520. The Bertz CT molecular complexity index is 417. The molecule has 0 bridgehead atoms. The third-order valence-corrected chi connectivity index (χ3v) is 2.37. The molecule has 1 aliphatic heterocycles. The summed E-state index contributed by atoms with van der Waals surface area (Å²) in [6.07, 6.45) is 3.67. The van der Waals surface area contributed by atoms with Crippen molar-refractivity contribution in [3.63, 3.8) is 0 Å². The number of carbonyl (C=O) groups is 1. The number of aromatic nitrogens is 2. The molecule has 0 saturated carbocycles. The van der Waals surface area contributed by atoms with Crippen LogP contribution < -0.4 is 4.90 Å². The molecular weight excluding hydrogens is 212 g/mol. The number of carbonyl (C=O) groups excluding carboxylic acids is 1. The molecule has 0 N–H and O–H groups in total. The van der Waals surface area contributed by atoms with Crippen LogP contribution in [0.15, 0.2) is 12.4 Å². The van der Waals surface area contributed by atoms with Gasteiger partial charge in [0.1, 0.15) is 12.4 Å². The van der Waals surface area contributed by atoms with Crippen molar-refractivity contribution < 1.29 is 9.72 Å². The van der Waals surface area contributed by atoms with Crippen LogP contribution in [0.3, 0.4) is 0 Å². The Morgan fingerprint density at radius 2 is 2.06 bits per heavy atom. The fourth-order valence-electron chi connectivity index (χ4n) is 1.58. The second-order valence-electron chi connectivity index (χ2n) is 3.56. The van der Waals surface area contributed by atoms with E-state index in [0.29, 0.717) is 18.9 Å². The van der Waals surface area contributed by atoms with Crippen LogP contribution in [-0.2, 0) is 4.79 Å². The molecule has 7 heteroatoms. The maximum Gasteiger partial charge on any atom is 0.305 e. The molecule has 0 atom stereocenters. The maximum absolute atomic E-state index is 11.2. The van der Waals surface area contributed by atoms with Crippen LogP contribution in [0, 0.1) is 10.1 Å². The quantitative estimate of drug-likeness (QED) is 0.536. The number of hydrogen-bond acceptors (Lipinski definition) is 6. The minimum absolute atomic E-state index is 0.146. The van der Waals surface area contributed by atoms with E-state index < -0.39 is 4.92 Å². The number of anilines is 1. The normalized spacial score (nSPS) is 16.2. The van der Waals surface area contributed by atoms with Crippen molar-refractivity contribution in [3.05, 3.63) is 22.5 Å². The van der Waals surface area contributed by atoms with E-state index in [2.05, 4.69) is 9.97 Å². The highest BCUT2D eigenvalue weighted by Crippen LogP contribution is 2.15. The van der Waals surface area contributed by atoms with E-state index in [-0.39, 0.29) is 18.0 Å². The molecule has 0 aromatic carbocycles. The van der Waals surface area contributed by atoms with Gasteiger partial charge in [0.15, 0.2) is 5.78 Å². The second-order valence-corrected chi connectivity index (χ2v) is 3.56. The SMILES string of the molecule is O=C1CCCN(c2ncc([N+](=O)[O-])cn2)C1. The molecule has 2 heterocycles. The zero-order valence-corrected chi connectivity index (χ0v) is 8.50. The zero-order chi connectivity index (χ0) is 11.5. The number of hydrogen-bond donors (Lipinski definition) is 0. The first-order chi connectivity index (χ1) is 7.66. The lowest BCUT2D eigenvalue weighted by Crippen LogP contribution is -2.36. The number of Topliss-reactive ketones (excluding diaryl/α,β-unsaturated/α-hetero) is 1. The van der Waals surface area contributed by atoms with E-state index in [1.165, 1.54) is 0 Å². The van der Waals surface area contributed by atoms with Crippen molar-refractivity contribution in [2.75, 3.05) is 18.0 Å². The molecule has 0 amide bonds. The highest BCUT2D eigenvalue weighted by molar-refractivity contribution is 5.84. The summed E-state index contributed by atoms with van der Waals surface area (Å²) in [4.78, 5) is 30.6. The van der Waals surface area contributed by atoms with Crippen molar-refractivity contribution in [3.8, 4) is 0 Å². The monoisotopic (exact) mass is 222 g/mol. The van der Waals surface area contributed by atoms with Gasteiger partial charge in [0, 0.05) is 13.0 Å². The molecule has 16 heavy (non-hydrogen) atoms. The zero-order valence-electron chi connectivity index (χ0n) is 8.50. The summed E-state index contributed by atoms with van der Waals surface area (Å²) < 4.78 is 0. The predicted octanol–water partition coefficient (Wildman–Crippen LogP) is 0.554. The molecule has 0 spiro atoms. The second kappa shape index (κ2) is 4.21. The Hall–Kier alpha value is -2.05. The molecular formula is C9H10N4O3. The average Bonchev–Trinajstić information content (AvgIpc) is 2.29. The van der Waals surface area contributed by atoms with E-state index in [1.54, 1.807) is 4.90 Å². The van der Waals surface area contributed by atoms with Crippen LogP contribution >= 0.6 is 0 Å². The highest BCUT2D eigenvalue weighted by Gasteiger charge is 2.19. The van der Waals surface area contributed by atoms with Gasteiger partial charge in [0.05, 0.1) is 11.5 Å². The molecule has 0 radical (unpaired) electrons. The van der Waals surface area contributed by atoms with E-state index in [0.717, 1.165) is 18.8 Å². The fourth-order valence-corrected chi connectivity index (χ4v) is 1.58. The van der Waals surface area contributed by atoms with Gasteiger partial charge in [-0.2, -0.15) is 0 Å². The molecule has 1 aliphatic rings. The lowest BCUT2D eigenvalue weighted by molar-refractivity contribution is -0.385. The minimum Gasteiger partial charge on any atom is -0.333 e. The lowest BCUT2D eigenvalue weighted by atomic mass is 10.1. The Morgan fingerprint density at radius 1 is 1.38 bits per heavy atom. The standard InChI is InChI=1S/C9H10N4O3/c14-8-2-1-3-12(6-8)9-10-4-7(5-11-9)13(15)16/h4-5H,1-3,6H2. The molecule has 1 fully saturated rings. The number of piperidine rings is 1. The number of ketones is 1. The summed E-state index contributed by atoms with van der Waals surface area (Å²) in [5.41, 5.74) is -0.146. The van der Waals surface area contributed by atoms with E-state index >= 15 is 0 Å². The van der Waals surface area contributed by atoms with Gasteiger partial charge >= 0.3 is 5.69 Å². The van der Waals surface area contributed by atoms with Crippen molar-refractivity contribution in [1.82, 2.24) is 9.97 Å². The Kier molecular flexibility index (Phi) is 2.76. The molecule has 84 valence electrons. The van der Waals surface area contributed by atoms with Crippen LogP contribution in [0.5, 0.6) is 0 Å². The maximum atomic E-state index is 11.2. The van der Waals surface area contributed by atoms with Gasteiger partial charge in [-0.15, -0.1) is 0 Å². The van der Waals surface area contributed by atoms with Crippen LogP contribution in [0.4, 0.5) is 11.6 Å². The third-order valence-electron chi connectivity index (χ3n) is 2.37. The van der Waals surface area contributed by atoms with E-state index in [9.17, 15) is 14.9 Å². The smallest absolute Gasteiger partial charge is 0.305 e. The summed E-state index contributed by atoms with van der Waals surface area (Å²) in [6, 6.07) is 0. The molecule has 1 saturated heterocycles. The van der Waals surface area contributed by atoms with Gasteiger partial charge < -0.3 is 4.90 Å². The first-order valence-corrected chi connectivity index (χ1v) is 4.90. The largest absolute Gasteiger partial charge is 0.333 e. The van der Waals surface area contributed by atoms with Crippen LogP contribution in [0.2, 0.25) is 0 Å². The molecule has 1 aromatic heterocycles. The van der Waals surface area contributed by atoms with Gasteiger partial charge in [0.25, 0.3) is 0 Å². The molecule has 7 nitrogen and oxygen atoms in total. The molecule has 0 aliphatic carbocycles. The Morgan fingerprint density at radius 3 is 2.62 bits per heavy atom. The molecule has 0 unspecified atom stereocenters. The predicted molar refractivity (Wildman–Crippen MR) is 55.1 cm³/mol. The van der Waals surface area contributed by atoms with Crippen molar-refractivity contribution >= 4 is 17.4 Å². The minimum atomic E-state index is -0.550. The van der Waals surface area contributed by atoms with Crippen LogP contribution in [0.25, 0.3) is 0 Å². The van der Waals surface area contributed by atoms with Crippen molar-refractivity contribution in [1.29, 1.82) is 0 Å². The summed E-state index contributed by atoms with van der Waals surface area (Å²) in [5, 5.41) is 10.4. The number of rotatable bonds is 2. The highest BCUT2D eigenvalue weighted by atomic mass is 16.6. The molecule has 1 aromatic rings. The summed E-state index contributed by atoms with van der Waals surface area (Å²) in [6.45, 7) is 1.00. The number of nitro groups is 1. The van der Waals surface area contributed by atoms with Gasteiger partial charge in [-0.25, -0.2) is 9.97 Å². The topological polar surface area (TPSA) is 89.2 Å².